The van der Waals surface area contributed by atoms with Crippen LogP contribution in [0.2, 0.25) is 0 Å². The molecule has 2 aromatic rings. The van der Waals surface area contributed by atoms with Gasteiger partial charge in [0, 0.05) is 17.4 Å². The summed E-state index contributed by atoms with van der Waals surface area (Å²) < 4.78 is 1.46. The summed E-state index contributed by atoms with van der Waals surface area (Å²) >= 11 is 0. The van der Waals surface area contributed by atoms with Crippen molar-refractivity contribution >= 4 is 11.6 Å². The number of nitrogens with zero attached hydrogens (tertiary/aromatic N) is 2. The number of aromatic nitrogens is 1. The van der Waals surface area contributed by atoms with Gasteiger partial charge in [-0.2, -0.15) is 5.26 Å². The lowest BCUT2D eigenvalue weighted by atomic mass is 10.0. The molecule has 5 heteroatoms. The second-order valence-electron chi connectivity index (χ2n) is 5.54. The van der Waals surface area contributed by atoms with Gasteiger partial charge in [0.1, 0.15) is 5.54 Å². The minimum absolute atomic E-state index is 0.222. The van der Waals surface area contributed by atoms with E-state index in [1.54, 1.807) is 57.2 Å². The number of anilines is 1. The second-order valence-corrected chi connectivity index (χ2v) is 5.54. The normalized spacial score (nSPS) is 10.8. The lowest BCUT2D eigenvalue weighted by Crippen LogP contribution is -2.46. The molecule has 5 nitrogen and oxygen atoms in total. The van der Waals surface area contributed by atoms with Crippen molar-refractivity contribution in [3.63, 3.8) is 0 Å². The third kappa shape index (κ3) is 2.91. The van der Waals surface area contributed by atoms with Crippen LogP contribution in [0.3, 0.4) is 0 Å². The minimum Gasteiger partial charge on any atom is -0.324 e. The van der Waals surface area contributed by atoms with Crippen molar-refractivity contribution in [1.29, 1.82) is 5.26 Å². The number of hydrogen-bond donors (Lipinski definition) is 1. The first kappa shape index (κ1) is 15.5. The number of carbonyl (C=O) groups is 1. The molecule has 0 spiro atoms. The Kier molecular flexibility index (Phi) is 4.13. The van der Waals surface area contributed by atoms with Gasteiger partial charge in [-0.1, -0.05) is 6.07 Å². The molecule has 1 heterocycles. The fraction of sp³-hybridized carbons (Fsp3) is 0.235. The van der Waals surface area contributed by atoms with E-state index in [1.807, 2.05) is 6.07 Å². The molecule has 0 aliphatic rings. The van der Waals surface area contributed by atoms with Crippen LogP contribution in [0.15, 0.2) is 47.3 Å². The van der Waals surface area contributed by atoms with E-state index >= 15 is 0 Å². The molecule has 0 saturated carbocycles. The maximum absolute atomic E-state index is 12.6. The van der Waals surface area contributed by atoms with Crippen molar-refractivity contribution in [1.82, 2.24) is 4.57 Å². The number of nitriles is 1. The molecule has 0 aliphatic heterocycles. The smallest absolute Gasteiger partial charge is 0.251 e. The number of carbonyl (C=O) groups excluding carboxylic acids is 1. The van der Waals surface area contributed by atoms with Crippen molar-refractivity contribution in [3.05, 3.63) is 64.1 Å². The topological polar surface area (TPSA) is 74.9 Å². The van der Waals surface area contributed by atoms with Crippen LogP contribution in [0.1, 0.15) is 25.1 Å². The number of benzene rings is 1. The van der Waals surface area contributed by atoms with Crippen LogP contribution in [0.5, 0.6) is 0 Å². The van der Waals surface area contributed by atoms with Gasteiger partial charge < -0.3 is 5.32 Å². The highest BCUT2D eigenvalue weighted by Gasteiger charge is 2.31. The zero-order chi connectivity index (χ0) is 16.3. The Morgan fingerprint density at radius 2 is 1.82 bits per heavy atom. The lowest BCUT2D eigenvalue weighted by molar-refractivity contribution is -0.123. The molecule has 0 aliphatic carbocycles. The van der Waals surface area contributed by atoms with Crippen molar-refractivity contribution in [2.24, 2.45) is 0 Å². The van der Waals surface area contributed by atoms with E-state index in [1.165, 1.54) is 10.6 Å². The van der Waals surface area contributed by atoms with Gasteiger partial charge in [-0.25, -0.2) is 0 Å². The molecule has 22 heavy (non-hydrogen) atoms. The van der Waals surface area contributed by atoms with Crippen LogP contribution >= 0.6 is 0 Å². The van der Waals surface area contributed by atoms with E-state index in [0.717, 1.165) is 0 Å². The van der Waals surface area contributed by atoms with Crippen LogP contribution in [-0.2, 0) is 10.3 Å². The van der Waals surface area contributed by atoms with Crippen LogP contribution in [0, 0.1) is 18.3 Å². The zero-order valence-electron chi connectivity index (χ0n) is 12.8. The number of rotatable bonds is 3. The Balaban J connectivity index is 2.31. The maximum atomic E-state index is 12.6. The number of aryl methyl sites for hydroxylation is 1. The summed E-state index contributed by atoms with van der Waals surface area (Å²) in [5, 5.41) is 11.6. The molecule has 1 amide bonds. The average molecular weight is 295 g/mol. The van der Waals surface area contributed by atoms with Gasteiger partial charge in [-0.05, 0) is 51.1 Å². The van der Waals surface area contributed by atoms with Crippen LogP contribution in [-0.4, -0.2) is 10.5 Å². The summed E-state index contributed by atoms with van der Waals surface area (Å²) in [6, 6.07) is 13.5. The van der Waals surface area contributed by atoms with Crippen molar-refractivity contribution in [2.75, 3.05) is 5.32 Å². The molecule has 112 valence electrons. The molecule has 1 aromatic carbocycles. The summed E-state index contributed by atoms with van der Waals surface area (Å²) in [5.41, 5.74) is 0.564. The van der Waals surface area contributed by atoms with Gasteiger partial charge >= 0.3 is 0 Å². The third-order valence-electron chi connectivity index (χ3n) is 3.54. The maximum Gasteiger partial charge on any atom is 0.251 e. The fourth-order valence-corrected chi connectivity index (χ4v) is 2.32. The van der Waals surface area contributed by atoms with Crippen LogP contribution in [0.4, 0.5) is 5.69 Å². The predicted octanol–water partition coefficient (Wildman–Crippen LogP) is 2.40. The van der Waals surface area contributed by atoms with Gasteiger partial charge in [0.25, 0.3) is 5.56 Å². The highest BCUT2D eigenvalue weighted by molar-refractivity contribution is 5.96. The molecular formula is C17H17N3O2. The Morgan fingerprint density at radius 3 is 2.36 bits per heavy atom. The molecule has 0 fully saturated rings. The van der Waals surface area contributed by atoms with Gasteiger partial charge in [-0.3, -0.25) is 14.2 Å². The van der Waals surface area contributed by atoms with Gasteiger partial charge in [0.05, 0.1) is 11.6 Å². The molecule has 0 unspecified atom stereocenters. The Hall–Kier alpha value is -2.87. The van der Waals surface area contributed by atoms with E-state index in [2.05, 4.69) is 5.32 Å². The standard InChI is InChI=1S/C17H17N3O2/c1-12-5-4-6-15(21)20(12)17(2,3)16(22)19-14-9-7-13(11-18)8-10-14/h4-10H,1-3H3,(H,19,22). The quantitative estimate of drug-likeness (QED) is 0.944. The number of nitrogens with one attached hydrogen (secondary N) is 1. The third-order valence-corrected chi connectivity index (χ3v) is 3.54. The highest BCUT2D eigenvalue weighted by Crippen LogP contribution is 2.19. The van der Waals surface area contributed by atoms with Crippen molar-refractivity contribution in [2.45, 2.75) is 26.3 Å². The number of pyridine rings is 1. The Bertz CT molecular complexity index is 796. The van der Waals surface area contributed by atoms with Crippen LogP contribution < -0.4 is 10.9 Å². The first-order valence-corrected chi connectivity index (χ1v) is 6.87. The van der Waals surface area contributed by atoms with E-state index in [-0.39, 0.29) is 11.5 Å². The van der Waals surface area contributed by atoms with Gasteiger partial charge in [-0.15, -0.1) is 0 Å². The first-order valence-electron chi connectivity index (χ1n) is 6.87. The molecule has 0 saturated heterocycles. The largest absolute Gasteiger partial charge is 0.324 e. The van der Waals surface area contributed by atoms with E-state index in [0.29, 0.717) is 16.9 Å². The molecule has 2 rings (SSSR count). The number of amides is 1. The Labute approximate surface area is 128 Å². The predicted molar refractivity (Wildman–Crippen MR) is 84.5 cm³/mol. The zero-order valence-corrected chi connectivity index (χ0v) is 12.8. The van der Waals surface area contributed by atoms with Gasteiger partial charge in [0.2, 0.25) is 5.91 Å². The SMILES string of the molecule is Cc1cccc(=O)n1C(C)(C)C(=O)Nc1ccc(C#N)cc1. The monoisotopic (exact) mass is 295 g/mol. The molecular weight excluding hydrogens is 278 g/mol. The van der Waals surface area contributed by atoms with E-state index in [4.69, 9.17) is 5.26 Å². The highest BCUT2D eigenvalue weighted by atomic mass is 16.2. The molecule has 1 aromatic heterocycles. The van der Waals surface area contributed by atoms with E-state index < -0.39 is 5.54 Å². The fourth-order valence-electron chi connectivity index (χ4n) is 2.32. The van der Waals surface area contributed by atoms with Crippen molar-refractivity contribution < 1.29 is 4.79 Å². The molecule has 1 N–H and O–H groups in total. The summed E-state index contributed by atoms with van der Waals surface area (Å²) in [6.45, 7) is 5.18. The number of hydrogen-bond acceptors (Lipinski definition) is 3. The summed E-state index contributed by atoms with van der Waals surface area (Å²) in [6.07, 6.45) is 0. The van der Waals surface area contributed by atoms with Crippen molar-refractivity contribution in [3.8, 4) is 6.07 Å². The van der Waals surface area contributed by atoms with E-state index in [9.17, 15) is 9.59 Å². The average Bonchev–Trinajstić information content (AvgIpc) is 2.47. The van der Waals surface area contributed by atoms with Gasteiger partial charge in [0.15, 0.2) is 0 Å². The Morgan fingerprint density at radius 1 is 1.18 bits per heavy atom. The summed E-state index contributed by atoms with van der Waals surface area (Å²) in [4.78, 5) is 24.6. The molecule has 0 radical (unpaired) electrons. The lowest BCUT2D eigenvalue weighted by Gasteiger charge is -2.28. The summed E-state index contributed by atoms with van der Waals surface area (Å²) in [7, 11) is 0. The molecule has 0 atom stereocenters. The molecule has 0 bridgehead atoms. The summed E-state index contributed by atoms with van der Waals surface area (Å²) in [5.74, 6) is -0.298. The van der Waals surface area contributed by atoms with Crippen LogP contribution in [0.25, 0.3) is 0 Å². The second kappa shape index (κ2) is 5.86. The first-order chi connectivity index (χ1) is 10.4. The minimum atomic E-state index is -1.03.